The molecule has 3 aromatic heterocycles. The summed E-state index contributed by atoms with van der Waals surface area (Å²) in [6.45, 7) is 2.87. The molecule has 1 unspecified atom stereocenters. The van der Waals surface area contributed by atoms with Gasteiger partial charge >= 0.3 is 0 Å². The highest BCUT2D eigenvalue weighted by Gasteiger charge is 2.21. The Morgan fingerprint density at radius 2 is 1.70 bits per heavy atom. The van der Waals surface area contributed by atoms with Gasteiger partial charge in [0.15, 0.2) is 5.16 Å². The van der Waals surface area contributed by atoms with E-state index in [9.17, 15) is 0 Å². The molecular weight excluding hydrogens is 450 g/mol. The molecule has 5 rings (SSSR count). The molecule has 0 aliphatic heterocycles. The van der Waals surface area contributed by atoms with E-state index in [1.807, 2.05) is 36.4 Å². The molecular formula is C25H23N5OS2. The van der Waals surface area contributed by atoms with Gasteiger partial charge in [-0.05, 0) is 42.5 Å². The third-order valence-corrected chi connectivity index (χ3v) is 7.21. The first kappa shape index (κ1) is 21.6. The van der Waals surface area contributed by atoms with Crippen LogP contribution in [0.2, 0.25) is 0 Å². The zero-order valence-electron chi connectivity index (χ0n) is 18.2. The Morgan fingerprint density at radius 1 is 0.909 bits per heavy atom. The van der Waals surface area contributed by atoms with Gasteiger partial charge in [0.05, 0.1) is 5.25 Å². The van der Waals surface area contributed by atoms with Gasteiger partial charge in [-0.2, -0.15) is 0 Å². The molecule has 6 nitrogen and oxygen atoms in total. The van der Waals surface area contributed by atoms with Crippen molar-refractivity contribution in [1.29, 1.82) is 0 Å². The molecule has 0 N–H and O–H groups in total. The van der Waals surface area contributed by atoms with Crippen LogP contribution in [-0.4, -0.2) is 25.0 Å². The van der Waals surface area contributed by atoms with Crippen molar-refractivity contribution >= 4 is 23.1 Å². The number of thioether (sulfide) groups is 1. The second kappa shape index (κ2) is 10.1. The monoisotopic (exact) mass is 473 g/mol. The second-order valence-electron chi connectivity index (χ2n) is 7.61. The van der Waals surface area contributed by atoms with Crippen LogP contribution in [0.5, 0.6) is 0 Å². The molecule has 33 heavy (non-hydrogen) atoms. The Labute approximate surface area is 200 Å². The molecule has 8 heteroatoms. The maximum Gasteiger partial charge on any atom is 0.247 e. The van der Waals surface area contributed by atoms with Crippen molar-refractivity contribution in [3.63, 3.8) is 0 Å². The number of aromatic nitrogens is 5. The molecule has 0 amide bonds. The fourth-order valence-corrected chi connectivity index (χ4v) is 5.15. The van der Waals surface area contributed by atoms with Crippen molar-refractivity contribution in [3.05, 3.63) is 100 Å². The lowest BCUT2D eigenvalue weighted by molar-refractivity contribution is 0.508. The standard InChI is InChI=1S/C25H23N5OS2/c1-18(23-27-28-24(31-23)20-11-6-3-7-12-20)33-25-29-26-22(17-21-13-8-16-32-21)30(25)15-14-19-9-4-2-5-10-19/h2-13,16,18H,14-15,17H2,1H3. The predicted molar refractivity (Wildman–Crippen MR) is 131 cm³/mol. The van der Waals surface area contributed by atoms with Crippen molar-refractivity contribution in [2.24, 2.45) is 0 Å². The maximum atomic E-state index is 5.97. The van der Waals surface area contributed by atoms with Crippen molar-refractivity contribution in [3.8, 4) is 11.5 Å². The molecule has 1 atom stereocenters. The molecule has 0 saturated heterocycles. The van der Waals surface area contributed by atoms with E-state index in [4.69, 9.17) is 4.42 Å². The van der Waals surface area contributed by atoms with E-state index in [2.05, 4.69) is 73.7 Å². The van der Waals surface area contributed by atoms with Gasteiger partial charge in [-0.15, -0.1) is 31.7 Å². The number of hydrogen-bond donors (Lipinski definition) is 0. The summed E-state index contributed by atoms with van der Waals surface area (Å²) in [5.74, 6) is 2.08. The Hall–Kier alpha value is -3.23. The zero-order valence-corrected chi connectivity index (χ0v) is 19.8. The summed E-state index contributed by atoms with van der Waals surface area (Å²) in [4.78, 5) is 1.28. The van der Waals surface area contributed by atoms with E-state index in [0.717, 1.165) is 35.9 Å². The van der Waals surface area contributed by atoms with E-state index in [-0.39, 0.29) is 5.25 Å². The number of nitrogens with zero attached hydrogens (tertiary/aromatic N) is 5. The summed E-state index contributed by atoms with van der Waals surface area (Å²) in [7, 11) is 0. The van der Waals surface area contributed by atoms with Gasteiger partial charge < -0.3 is 8.98 Å². The van der Waals surface area contributed by atoms with Crippen molar-refractivity contribution in [1.82, 2.24) is 25.0 Å². The SMILES string of the molecule is CC(Sc1nnc(Cc2cccs2)n1CCc1ccccc1)c1nnc(-c2ccccc2)o1. The Morgan fingerprint density at radius 3 is 2.45 bits per heavy atom. The lowest BCUT2D eigenvalue weighted by atomic mass is 10.1. The molecule has 5 aromatic rings. The van der Waals surface area contributed by atoms with Gasteiger partial charge in [0, 0.05) is 23.4 Å². The highest BCUT2D eigenvalue weighted by molar-refractivity contribution is 7.99. The van der Waals surface area contributed by atoms with Crippen molar-refractivity contribution < 1.29 is 4.42 Å². The highest BCUT2D eigenvalue weighted by Crippen LogP contribution is 2.35. The molecule has 0 bridgehead atoms. The quantitative estimate of drug-likeness (QED) is 0.242. The van der Waals surface area contributed by atoms with E-state index >= 15 is 0 Å². The minimum absolute atomic E-state index is 0.0516. The second-order valence-corrected chi connectivity index (χ2v) is 9.95. The normalized spacial score (nSPS) is 12.2. The van der Waals surface area contributed by atoms with E-state index < -0.39 is 0 Å². The smallest absolute Gasteiger partial charge is 0.247 e. The van der Waals surface area contributed by atoms with Crippen LogP contribution in [0.15, 0.2) is 87.8 Å². The van der Waals surface area contributed by atoms with E-state index in [1.165, 1.54) is 10.4 Å². The largest absolute Gasteiger partial charge is 0.419 e. The Bertz CT molecular complexity index is 1280. The number of hydrogen-bond acceptors (Lipinski definition) is 7. The topological polar surface area (TPSA) is 69.6 Å². The predicted octanol–water partition coefficient (Wildman–Crippen LogP) is 6.08. The summed E-state index contributed by atoms with van der Waals surface area (Å²) >= 11 is 3.34. The summed E-state index contributed by atoms with van der Waals surface area (Å²) in [6.07, 6.45) is 1.68. The lowest BCUT2D eigenvalue weighted by Crippen LogP contribution is -2.08. The summed E-state index contributed by atoms with van der Waals surface area (Å²) in [5, 5.41) is 20.5. The van der Waals surface area contributed by atoms with E-state index in [1.54, 1.807) is 23.1 Å². The number of thiophene rings is 1. The molecule has 2 aromatic carbocycles. The summed E-state index contributed by atoms with van der Waals surface area (Å²) in [6, 6.07) is 24.5. The molecule has 0 radical (unpaired) electrons. The minimum Gasteiger partial charge on any atom is -0.419 e. The van der Waals surface area contributed by atoms with Gasteiger partial charge in [-0.1, -0.05) is 66.4 Å². The Balaban J connectivity index is 1.36. The van der Waals surface area contributed by atoms with Crippen LogP contribution < -0.4 is 0 Å². The molecule has 0 aliphatic carbocycles. The third-order valence-electron chi connectivity index (χ3n) is 5.26. The fourth-order valence-electron chi connectivity index (χ4n) is 3.52. The first-order valence-corrected chi connectivity index (χ1v) is 12.6. The van der Waals surface area contributed by atoms with Gasteiger partial charge in [0.1, 0.15) is 5.82 Å². The summed E-state index contributed by atoms with van der Waals surface area (Å²) in [5.41, 5.74) is 2.21. The average molecular weight is 474 g/mol. The maximum absolute atomic E-state index is 5.97. The number of benzene rings is 2. The van der Waals surface area contributed by atoms with Crippen LogP contribution in [0.3, 0.4) is 0 Å². The molecule has 0 fully saturated rings. The fraction of sp³-hybridized carbons (Fsp3) is 0.200. The van der Waals surface area contributed by atoms with E-state index in [0.29, 0.717) is 11.8 Å². The van der Waals surface area contributed by atoms with Crippen molar-refractivity contribution in [2.75, 3.05) is 0 Å². The first-order chi connectivity index (χ1) is 16.3. The Kier molecular flexibility index (Phi) is 6.64. The third kappa shape index (κ3) is 5.23. The first-order valence-electron chi connectivity index (χ1n) is 10.8. The van der Waals surface area contributed by atoms with Crippen LogP contribution in [0, 0.1) is 0 Å². The zero-order chi connectivity index (χ0) is 22.5. The van der Waals surface area contributed by atoms with Crippen LogP contribution in [0.25, 0.3) is 11.5 Å². The molecule has 166 valence electrons. The van der Waals surface area contributed by atoms with Gasteiger partial charge in [-0.25, -0.2) is 0 Å². The van der Waals surface area contributed by atoms with Crippen LogP contribution in [0.1, 0.15) is 34.3 Å². The summed E-state index contributed by atoms with van der Waals surface area (Å²) < 4.78 is 8.19. The van der Waals surface area contributed by atoms with Crippen LogP contribution in [0.4, 0.5) is 0 Å². The van der Waals surface area contributed by atoms with Crippen LogP contribution >= 0.6 is 23.1 Å². The number of aryl methyl sites for hydroxylation is 1. The van der Waals surface area contributed by atoms with Crippen molar-refractivity contribution in [2.45, 2.75) is 36.7 Å². The molecule has 0 spiro atoms. The molecule has 0 saturated carbocycles. The molecule has 3 heterocycles. The number of rotatable bonds is 9. The van der Waals surface area contributed by atoms with Gasteiger partial charge in [0.25, 0.3) is 0 Å². The van der Waals surface area contributed by atoms with Crippen LogP contribution in [-0.2, 0) is 19.4 Å². The minimum atomic E-state index is -0.0516. The van der Waals surface area contributed by atoms with Gasteiger partial charge in [0.2, 0.25) is 11.8 Å². The average Bonchev–Trinajstić information content (AvgIpc) is 3.62. The van der Waals surface area contributed by atoms with Gasteiger partial charge in [-0.3, -0.25) is 0 Å². The lowest BCUT2D eigenvalue weighted by Gasteiger charge is -2.12. The highest BCUT2D eigenvalue weighted by atomic mass is 32.2. The molecule has 0 aliphatic rings.